The molecule has 0 saturated carbocycles. The van der Waals surface area contributed by atoms with Crippen molar-refractivity contribution in [1.29, 1.82) is 0 Å². The van der Waals surface area contributed by atoms with Crippen LogP contribution in [0.2, 0.25) is 15.1 Å². The smallest absolute Gasteiger partial charge is 0.0921 e. The summed E-state index contributed by atoms with van der Waals surface area (Å²) in [6.07, 6.45) is 0. The SMILES string of the molecule is Cc1nc2c(Cl)c(Cl)ccc2c(Cl)c1C(C)C. The number of hydrogen-bond acceptors (Lipinski definition) is 1. The second kappa shape index (κ2) is 4.64. The van der Waals surface area contributed by atoms with Crippen molar-refractivity contribution in [2.24, 2.45) is 0 Å². The zero-order chi connectivity index (χ0) is 12.7. The van der Waals surface area contributed by atoms with Gasteiger partial charge in [-0.25, -0.2) is 0 Å². The lowest BCUT2D eigenvalue weighted by atomic mass is 9.99. The average Bonchev–Trinajstić information content (AvgIpc) is 2.23. The summed E-state index contributed by atoms with van der Waals surface area (Å²) < 4.78 is 0. The predicted octanol–water partition coefficient (Wildman–Crippen LogP) is 5.63. The summed E-state index contributed by atoms with van der Waals surface area (Å²) in [5, 5.41) is 2.54. The predicted molar refractivity (Wildman–Crippen MR) is 75.6 cm³/mol. The minimum atomic E-state index is 0.328. The monoisotopic (exact) mass is 287 g/mol. The fourth-order valence-electron chi connectivity index (χ4n) is 2.03. The van der Waals surface area contributed by atoms with Crippen LogP contribution in [0.25, 0.3) is 10.9 Å². The number of aromatic nitrogens is 1. The summed E-state index contributed by atoms with van der Waals surface area (Å²) in [5.41, 5.74) is 2.64. The largest absolute Gasteiger partial charge is 0.251 e. The van der Waals surface area contributed by atoms with E-state index >= 15 is 0 Å². The van der Waals surface area contributed by atoms with E-state index in [0.29, 0.717) is 21.5 Å². The van der Waals surface area contributed by atoms with E-state index in [1.54, 1.807) is 6.07 Å². The lowest BCUT2D eigenvalue weighted by Crippen LogP contribution is -1.98. The third-order valence-corrected chi connectivity index (χ3v) is 3.99. The van der Waals surface area contributed by atoms with Crippen LogP contribution in [-0.2, 0) is 0 Å². The number of fused-ring (bicyclic) bond motifs is 1. The number of nitrogens with zero attached hydrogens (tertiary/aromatic N) is 1. The average molecular weight is 289 g/mol. The topological polar surface area (TPSA) is 12.9 Å². The molecule has 2 aromatic rings. The molecule has 1 aromatic carbocycles. The molecule has 0 spiro atoms. The van der Waals surface area contributed by atoms with Gasteiger partial charge < -0.3 is 0 Å². The zero-order valence-electron chi connectivity index (χ0n) is 9.81. The Morgan fingerprint density at radius 2 is 1.71 bits per heavy atom. The first-order valence-electron chi connectivity index (χ1n) is 5.37. The number of rotatable bonds is 1. The van der Waals surface area contributed by atoms with E-state index in [1.165, 1.54) is 0 Å². The first kappa shape index (κ1) is 12.9. The quantitative estimate of drug-likeness (QED) is 0.663. The number of aryl methyl sites for hydroxylation is 1. The van der Waals surface area contributed by atoms with Gasteiger partial charge in [-0.3, -0.25) is 4.98 Å². The summed E-state index contributed by atoms with van der Waals surface area (Å²) in [4.78, 5) is 4.52. The van der Waals surface area contributed by atoms with Gasteiger partial charge in [0.1, 0.15) is 0 Å². The molecule has 0 saturated heterocycles. The van der Waals surface area contributed by atoms with E-state index in [0.717, 1.165) is 21.7 Å². The molecule has 0 aliphatic heterocycles. The molecule has 0 unspecified atom stereocenters. The molecule has 17 heavy (non-hydrogen) atoms. The van der Waals surface area contributed by atoms with Gasteiger partial charge in [-0.1, -0.05) is 48.7 Å². The van der Waals surface area contributed by atoms with Gasteiger partial charge in [0, 0.05) is 11.1 Å². The van der Waals surface area contributed by atoms with Crippen molar-refractivity contribution in [3.8, 4) is 0 Å². The molecule has 0 aliphatic rings. The van der Waals surface area contributed by atoms with Crippen LogP contribution in [0, 0.1) is 6.92 Å². The fourth-order valence-corrected chi connectivity index (χ4v) is 2.90. The van der Waals surface area contributed by atoms with Gasteiger partial charge in [-0.15, -0.1) is 0 Å². The molecular weight excluding hydrogens is 277 g/mol. The van der Waals surface area contributed by atoms with Crippen LogP contribution in [0.1, 0.15) is 31.0 Å². The summed E-state index contributed by atoms with van der Waals surface area (Å²) in [7, 11) is 0. The zero-order valence-corrected chi connectivity index (χ0v) is 12.1. The standard InChI is InChI=1S/C13H12Cl3N/c1-6(2)10-7(3)17-13-8(11(10)15)4-5-9(14)12(13)16/h4-6H,1-3H3. The third kappa shape index (κ3) is 2.12. The lowest BCUT2D eigenvalue weighted by Gasteiger charge is -2.14. The highest BCUT2D eigenvalue weighted by Crippen LogP contribution is 2.37. The van der Waals surface area contributed by atoms with Gasteiger partial charge >= 0.3 is 0 Å². The van der Waals surface area contributed by atoms with Crippen LogP contribution >= 0.6 is 34.8 Å². The molecule has 90 valence electrons. The highest BCUT2D eigenvalue weighted by atomic mass is 35.5. The number of hydrogen-bond donors (Lipinski definition) is 0. The molecule has 1 nitrogen and oxygen atoms in total. The Hall–Kier alpha value is -0.500. The molecule has 1 heterocycles. The molecule has 2 rings (SSSR count). The maximum atomic E-state index is 6.42. The van der Waals surface area contributed by atoms with Gasteiger partial charge in [0.15, 0.2) is 0 Å². The summed E-state index contributed by atoms with van der Waals surface area (Å²) in [5.74, 6) is 0.328. The van der Waals surface area contributed by atoms with Crippen molar-refractivity contribution < 1.29 is 0 Å². The fraction of sp³-hybridized carbons (Fsp3) is 0.308. The third-order valence-electron chi connectivity index (χ3n) is 2.79. The van der Waals surface area contributed by atoms with Crippen molar-refractivity contribution in [3.63, 3.8) is 0 Å². The van der Waals surface area contributed by atoms with Crippen molar-refractivity contribution in [2.75, 3.05) is 0 Å². The van der Waals surface area contributed by atoms with Crippen molar-refractivity contribution in [1.82, 2.24) is 4.98 Å². The van der Waals surface area contributed by atoms with Gasteiger partial charge in [-0.2, -0.15) is 0 Å². The lowest BCUT2D eigenvalue weighted by molar-refractivity contribution is 0.848. The Morgan fingerprint density at radius 1 is 1.06 bits per heavy atom. The summed E-state index contributed by atoms with van der Waals surface area (Å²) in [6.45, 7) is 6.14. The van der Waals surface area contributed by atoms with Crippen LogP contribution in [-0.4, -0.2) is 4.98 Å². The molecule has 0 bridgehead atoms. The minimum Gasteiger partial charge on any atom is -0.251 e. The number of benzene rings is 1. The second-order valence-corrected chi connectivity index (χ2v) is 5.50. The normalized spacial score (nSPS) is 11.5. The van der Waals surface area contributed by atoms with E-state index in [-0.39, 0.29) is 0 Å². The number of halogens is 3. The summed E-state index contributed by atoms with van der Waals surface area (Å²) in [6, 6.07) is 3.61. The minimum absolute atomic E-state index is 0.328. The number of pyridine rings is 1. The Balaban J connectivity index is 2.91. The van der Waals surface area contributed by atoms with Crippen LogP contribution in [0.3, 0.4) is 0 Å². The van der Waals surface area contributed by atoms with Gasteiger partial charge in [0.25, 0.3) is 0 Å². The Bertz CT molecular complexity index is 591. The first-order chi connectivity index (χ1) is 7.93. The highest BCUT2D eigenvalue weighted by Gasteiger charge is 2.16. The van der Waals surface area contributed by atoms with E-state index in [1.807, 2.05) is 13.0 Å². The van der Waals surface area contributed by atoms with Crippen molar-refractivity contribution >= 4 is 45.7 Å². The molecule has 0 fully saturated rings. The molecule has 0 aliphatic carbocycles. The van der Waals surface area contributed by atoms with Crippen LogP contribution in [0.5, 0.6) is 0 Å². The maximum Gasteiger partial charge on any atom is 0.0921 e. The van der Waals surface area contributed by atoms with E-state index in [2.05, 4.69) is 18.8 Å². The first-order valence-corrected chi connectivity index (χ1v) is 6.50. The molecule has 0 radical (unpaired) electrons. The maximum absolute atomic E-state index is 6.42. The van der Waals surface area contributed by atoms with E-state index < -0.39 is 0 Å². The van der Waals surface area contributed by atoms with E-state index in [9.17, 15) is 0 Å². The van der Waals surface area contributed by atoms with Gasteiger partial charge in [0.2, 0.25) is 0 Å². The van der Waals surface area contributed by atoms with Crippen LogP contribution < -0.4 is 0 Å². The van der Waals surface area contributed by atoms with Crippen molar-refractivity contribution in [3.05, 3.63) is 38.5 Å². The molecule has 0 N–H and O–H groups in total. The molecule has 0 amide bonds. The van der Waals surface area contributed by atoms with Crippen molar-refractivity contribution in [2.45, 2.75) is 26.7 Å². The Kier molecular flexibility index (Phi) is 3.53. The van der Waals surface area contributed by atoms with Gasteiger partial charge in [0.05, 0.1) is 20.6 Å². The highest BCUT2D eigenvalue weighted by molar-refractivity contribution is 6.46. The van der Waals surface area contributed by atoms with Crippen LogP contribution in [0.15, 0.2) is 12.1 Å². The van der Waals surface area contributed by atoms with E-state index in [4.69, 9.17) is 34.8 Å². The van der Waals surface area contributed by atoms with Gasteiger partial charge in [-0.05, 0) is 30.5 Å². The molecule has 1 aromatic heterocycles. The Morgan fingerprint density at radius 3 is 2.29 bits per heavy atom. The molecule has 4 heteroatoms. The van der Waals surface area contributed by atoms with Crippen LogP contribution in [0.4, 0.5) is 0 Å². The molecule has 0 atom stereocenters. The summed E-state index contributed by atoms with van der Waals surface area (Å²) >= 11 is 18.6. The molecular formula is C13H12Cl3N. The Labute approximate surface area is 116 Å². The second-order valence-electron chi connectivity index (χ2n) is 4.34.